The summed E-state index contributed by atoms with van der Waals surface area (Å²) in [6, 6.07) is 7.24. The lowest BCUT2D eigenvalue weighted by atomic mass is 10.0. The number of nitrogens with one attached hydrogen (secondary N) is 1. The molecule has 1 saturated carbocycles. The number of hydrogen-bond donors (Lipinski definition) is 3. The van der Waals surface area contributed by atoms with Gasteiger partial charge in [0, 0.05) is 35.3 Å². The molecule has 1 aliphatic carbocycles. The van der Waals surface area contributed by atoms with Crippen molar-refractivity contribution < 1.29 is 29.0 Å². The minimum Gasteiger partial charge on any atom is -0.489 e. The molecule has 0 aliphatic heterocycles. The van der Waals surface area contributed by atoms with E-state index in [2.05, 4.69) is 20.4 Å². The first-order chi connectivity index (χ1) is 17.4. The first kappa shape index (κ1) is 25.9. The van der Waals surface area contributed by atoms with Gasteiger partial charge in [0.1, 0.15) is 25.1 Å². The van der Waals surface area contributed by atoms with E-state index in [0.717, 1.165) is 24.1 Å². The zero-order chi connectivity index (χ0) is 25.7. The van der Waals surface area contributed by atoms with E-state index in [0.29, 0.717) is 45.4 Å². The van der Waals surface area contributed by atoms with Gasteiger partial charge in [-0.05, 0) is 43.5 Å². The molecule has 36 heavy (non-hydrogen) atoms. The van der Waals surface area contributed by atoms with E-state index in [4.69, 9.17) is 30.7 Å². The summed E-state index contributed by atoms with van der Waals surface area (Å²) in [5.41, 5.74) is 3.07. The number of pyridine rings is 1. The number of ether oxygens (including phenoxy) is 2. The summed E-state index contributed by atoms with van der Waals surface area (Å²) in [6.45, 7) is 1.02. The van der Waals surface area contributed by atoms with Crippen LogP contribution in [-0.2, 0) is 4.79 Å². The molecule has 3 N–H and O–H groups in total. The second kappa shape index (κ2) is 11.7. The summed E-state index contributed by atoms with van der Waals surface area (Å²) in [4.78, 5) is 20.3. The Morgan fingerprint density at radius 3 is 2.69 bits per heavy atom. The molecule has 0 saturated heterocycles. The molecular weight excluding hydrogens is 488 g/mol. The van der Waals surface area contributed by atoms with Crippen molar-refractivity contribution in [2.24, 2.45) is 0 Å². The van der Waals surface area contributed by atoms with Crippen LogP contribution in [0.1, 0.15) is 42.9 Å². The van der Waals surface area contributed by atoms with E-state index in [9.17, 15) is 9.90 Å². The number of nitrogens with zero attached hydrogens (tertiary/aromatic N) is 3. The van der Waals surface area contributed by atoms with E-state index in [1.165, 1.54) is 12.8 Å². The van der Waals surface area contributed by atoms with Crippen LogP contribution in [0.15, 0.2) is 28.8 Å². The van der Waals surface area contributed by atoms with Gasteiger partial charge in [0.15, 0.2) is 0 Å². The monoisotopic (exact) mass is 516 g/mol. The summed E-state index contributed by atoms with van der Waals surface area (Å²) in [5, 5.41) is 25.6. The van der Waals surface area contributed by atoms with E-state index in [-0.39, 0.29) is 13.2 Å². The molecule has 1 fully saturated rings. The Labute approximate surface area is 213 Å². The summed E-state index contributed by atoms with van der Waals surface area (Å²) < 4.78 is 16.6. The molecule has 1 amide bonds. The molecule has 4 rings (SSSR count). The number of rotatable bonds is 10. The van der Waals surface area contributed by atoms with E-state index < -0.39 is 18.6 Å². The Balaban J connectivity index is 1.50. The van der Waals surface area contributed by atoms with Crippen LogP contribution < -0.4 is 14.8 Å². The van der Waals surface area contributed by atoms with Crippen LogP contribution in [0.25, 0.3) is 22.8 Å². The minimum absolute atomic E-state index is 0.0535. The quantitative estimate of drug-likeness (QED) is 0.370. The number of amides is 1. The lowest BCUT2D eigenvalue weighted by Gasteiger charge is -2.16. The molecule has 0 unspecified atom stereocenters. The topological polar surface area (TPSA) is 140 Å². The number of benzene rings is 1. The Morgan fingerprint density at radius 2 is 2.00 bits per heavy atom. The maximum atomic E-state index is 11.1. The van der Waals surface area contributed by atoms with Crippen LogP contribution in [0.3, 0.4) is 0 Å². The largest absolute Gasteiger partial charge is 0.489 e. The van der Waals surface area contributed by atoms with Crippen LogP contribution in [0.4, 0.5) is 0 Å². The van der Waals surface area contributed by atoms with Crippen molar-refractivity contribution >= 4 is 17.5 Å². The van der Waals surface area contributed by atoms with Gasteiger partial charge in [-0.25, -0.2) is 4.98 Å². The molecule has 3 aromatic rings. The molecule has 10 nitrogen and oxygen atoms in total. The summed E-state index contributed by atoms with van der Waals surface area (Å²) in [5.74, 6) is 1.45. The average molecular weight is 517 g/mol. The van der Waals surface area contributed by atoms with Gasteiger partial charge < -0.3 is 29.5 Å². The lowest BCUT2D eigenvalue weighted by molar-refractivity contribution is -0.124. The smallest absolute Gasteiger partial charge is 0.258 e. The molecule has 2 heterocycles. The van der Waals surface area contributed by atoms with Crippen molar-refractivity contribution in [2.45, 2.75) is 44.6 Å². The number of aliphatic hydroxyl groups excluding tert-OH is 2. The first-order valence-corrected chi connectivity index (χ1v) is 12.1. The number of carbonyl (C=O) groups excluding carboxylic acids is 1. The van der Waals surface area contributed by atoms with Gasteiger partial charge in [0.25, 0.3) is 5.89 Å². The van der Waals surface area contributed by atoms with Gasteiger partial charge in [-0.1, -0.05) is 29.6 Å². The van der Waals surface area contributed by atoms with Crippen molar-refractivity contribution in [3.63, 3.8) is 0 Å². The zero-order valence-electron chi connectivity index (χ0n) is 20.2. The molecule has 0 spiro atoms. The fraction of sp³-hybridized carbons (Fsp3) is 0.440. The van der Waals surface area contributed by atoms with Crippen LogP contribution in [0.5, 0.6) is 11.6 Å². The number of aliphatic hydroxyl groups is 2. The fourth-order valence-electron chi connectivity index (χ4n) is 4.21. The third-order valence-electron chi connectivity index (χ3n) is 6.06. The van der Waals surface area contributed by atoms with E-state index in [1.54, 1.807) is 19.2 Å². The van der Waals surface area contributed by atoms with Gasteiger partial charge >= 0.3 is 0 Å². The SMILES string of the molecule is COc1cc(-c2nc(-c3cc(C)c(OC[C@@H](O)CNC(=O)CO)c(Cl)c3)no2)cc(C2CCCC2)n1. The van der Waals surface area contributed by atoms with Gasteiger partial charge in [-0.15, -0.1) is 0 Å². The highest BCUT2D eigenvalue weighted by atomic mass is 35.5. The second-order valence-electron chi connectivity index (χ2n) is 8.76. The predicted octanol–water partition coefficient (Wildman–Crippen LogP) is 3.27. The standard InChI is InChI=1S/C25H29ClN4O6/c1-14-7-16(8-19(26)23(14)35-13-18(32)11-27-21(33)12-31)24-29-25(36-30-24)17-9-20(15-5-3-4-6-15)28-22(10-17)34-2/h7-10,15,18,31-32H,3-6,11-13H2,1-2H3,(H,27,33)/t18-/m0/s1. The highest BCUT2D eigenvalue weighted by Crippen LogP contribution is 2.37. The van der Waals surface area contributed by atoms with Crippen LogP contribution in [-0.4, -0.2) is 64.2 Å². The van der Waals surface area contributed by atoms with Crippen molar-refractivity contribution in [3.8, 4) is 34.5 Å². The number of aromatic nitrogens is 3. The van der Waals surface area contributed by atoms with E-state index >= 15 is 0 Å². The van der Waals surface area contributed by atoms with Crippen molar-refractivity contribution in [1.29, 1.82) is 0 Å². The number of hydrogen-bond acceptors (Lipinski definition) is 9. The molecule has 0 radical (unpaired) electrons. The molecule has 0 bridgehead atoms. The third kappa shape index (κ3) is 6.13. The average Bonchev–Trinajstić information content (AvgIpc) is 3.59. The first-order valence-electron chi connectivity index (χ1n) is 11.8. The van der Waals surface area contributed by atoms with Crippen LogP contribution in [0.2, 0.25) is 5.02 Å². The Kier molecular flexibility index (Phi) is 8.40. The molecule has 192 valence electrons. The summed E-state index contributed by atoms with van der Waals surface area (Å²) >= 11 is 6.45. The van der Waals surface area contributed by atoms with Gasteiger partial charge in [-0.2, -0.15) is 4.98 Å². The summed E-state index contributed by atoms with van der Waals surface area (Å²) in [6.07, 6.45) is 3.64. The highest BCUT2D eigenvalue weighted by Gasteiger charge is 2.22. The van der Waals surface area contributed by atoms with Gasteiger partial charge in [0.2, 0.25) is 17.6 Å². The number of halogens is 1. The molecule has 1 aliphatic rings. The Hall–Kier alpha value is -3.21. The fourth-order valence-corrected chi connectivity index (χ4v) is 4.53. The molecule has 1 atom stereocenters. The van der Waals surface area contributed by atoms with E-state index in [1.807, 2.05) is 19.1 Å². The molecule has 2 aromatic heterocycles. The van der Waals surface area contributed by atoms with Crippen molar-refractivity contribution in [3.05, 3.63) is 40.5 Å². The predicted molar refractivity (Wildman–Crippen MR) is 132 cm³/mol. The van der Waals surface area contributed by atoms with Crippen molar-refractivity contribution in [2.75, 3.05) is 26.9 Å². The normalized spacial score (nSPS) is 14.6. The minimum atomic E-state index is -0.970. The lowest BCUT2D eigenvalue weighted by Crippen LogP contribution is -2.36. The Bertz CT molecular complexity index is 1190. The number of aryl methyl sites for hydroxylation is 1. The van der Waals surface area contributed by atoms with Crippen molar-refractivity contribution in [1.82, 2.24) is 20.4 Å². The van der Waals surface area contributed by atoms with Gasteiger partial charge in [-0.3, -0.25) is 4.79 Å². The highest BCUT2D eigenvalue weighted by molar-refractivity contribution is 6.32. The van der Waals surface area contributed by atoms with Crippen LogP contribution >= 0.6 is 11.6 Å². The summed E-state index contributed by atoms with van der Waals surface area (Å²) in [7, 11) is 1.59. The zero-order valence-corrected chi connectivity index (χ0v) is 20.9. The second-order valence-corrected chi connectivity index (χ2v) is 9.17. The number of methoxy groups -OCH3 is 1. The maximum absolute atomic E-state index is 11.1. The van der Waals surface area contributed by atoms with Gasteiger partial charge in [0.05, 0.1) is 12.1 Å². The maximum Gasteiger partial charge on any atom is 0.258 e. The third-order valence-corrected chi connectivity index (χ3v) is 6.34. The molecule has 11 heteroatoms. The van der Waals surface area contributed by atoms with Crippen LogP contribution in [0, 0.1) is 6.92 Å². The molecular formula is C25H29ClN4O6. The molecule has 1 aromatic carbocycles. The number of carbonyl (C=O) groups is 1. The Morgan fingerprint density at radius 1 is 1.22 bits per heavy atom.